The van der Waals surface area contributed by atoms with Gasteiger partial charge in [-0.15, -0.1) is 0 Å². The summed E-state index contributed by atoms with van der Waals surface area (Å²) in [6, 6.07) is 0. The Morgan fingerprint density at radius 1 is 0.314 bits per heavy atom. The highest BCUT2D eigenvalue weighted by molar-refractivity contribution is 7.45. The zero-order chi connectivity index (χ0) is 74.0. The summed E-state index contributed by atoms with van der Waals surface area (Å²) in [6.07, 6.45) is 121. The van der Waals surface area contributed by atoms with Gasteiger partial charge in [0.2, 0.25) is 0 Å². The molecule has 0 fully saturated rings. The second kappa shape index (κ2) is 80.7. The number of nitrogens with zero attached hydrogens (tertiary/aromatic N) is 1. The zero-order valence-electron chi connectivity index (χ0n) is 66.8. The molecule has 0 aliphatic heterocycles. The Labute approximate surface area is 630 Å². The van der Waals surface area contributed by atoms with Gasteiger partial charge in [-0.05, 0) is 128 Å². The third-order valence-corrected chi connectivity index (χ3v) is 19.0. The molecule has 10 heteroatoms. The largest absolute Gasteiger partial charge is 0.756 e. The molecule has 0 aromatic carbocycles. The van der Waals surface area contributed by atoms with E-state index in [1.807, 2.05) is 21.1 Å². The molecule has 0 radical (unpaired) electrons. The Morgan fingerprint density at radius 2 is 0.559 bits per heavy atom. The summed E-state index contributed by atoms with van der Waals surface area (Å²) in [4.78, 5) is 38.2. The second-order valence-electron chi connectivity index (χ2n) is 29.1. The first-order valence-electron chi connectivity index (χ1n) is 42.2. The van der Waals surface area contributed by atoms with Crippen molar-refractivity contribution in [3.63, 3.8) is 0 Å². The molecule has 0 aliphatic rings. The number of unbranched alkanes of at least 4 members (excludes halogenated alkanes) is 37. The normalized spacial score (nSPS) is 13.8. The average Bonchev–Trinajstić information content (AvgIpc) is 0.914. The minimum Gasteiger partial charge on any atom is -0.756 e. The molecule has 0 heterocycles. The number of allylic oxidation sites excluding steroid dienone is 26. The third-order valence-electron chi connectivity index (χ3n) is 18.0. The average molecular weight is 1440 g/mol. The number of hydrogen-bond acceptors (Lipinski definition) is 8. The van der Waals surface area contributed by atoms with Crippen molar-refractivity contribution in [3.05, 3.63) is 158 Å². The first-order valence-corrected chi connectivity index (χ1v) is 43.7. The topological polar surface area (TPSA) is 111 Å². The Morgan fingerprint density at radius 3 is 0.833 bits per heavy atom. The molecule has 0 aromatic rings. The molecule has 0 spiro atoms. The number of phosphoric ester groups is 1. The van der Waals surface area contributed by atoms with E-state index < -0.39 is 26.5 Å². The number of hydrogen-bond donors (Lipinski definition) is 0. The maximum absolute atomic E-state index is 12.9. The number of ether oxygens (including phenoxy) is 2. The van der Waals surface area contributed by atoms with Crippen LogP contribution in [0.2, 0.25) is 0 Å². The van der Waals surface area contributed by atoms with Crippen LogP contribution in [0.1, 0.15) is 361 Å². The van der Waals surface area contributed by atoms with Gasteiger partial charge >= 0.3 is 11.9 Å². The van der Waals surface area contributed by atoms with Crippen molar-refractivity contribution >= 4 is 19.8 Å². The molecule has 0 aliphatic carbocycles. The van der Waals surface area contributed by atoms with Crippen LogP contribution < -0.4 is 4.89 Å². The Kier molecular flexibility index (Phi) is 77.3. The van der Waals surface area contributed by atoms with Gasteiger partial charge in [0.15, 0.2) is 6.10 Å². The third kappa shape index (κ3) is 84.6. The fraction of sp³-hybridized carbons (Fsp3) is 0.696. The Balaban J connectivity index is 4.00. The minimum absolute atomic E-state index is 0.0380. The molecule has 0 saturated heterocycles. The van der Waals surface area contributed by atoms with E-state index in [0.717, 1.165) is 122 Å². The van der Waals surface area contributed by atoms with Gasteiger partial charge < -0.3 is 27.9 Å². The van der Waals surface area contributed by atoms with E-state index in [1.165, 1.54) is 205 Å². The van der Waals surface area contributed by atoms with Crippen LogP contribution >= 0.6 is 7.82 Å². The molecule has 2 unspecified atom stereocenters. The smallest absolute Gasteiger partial charge is 0.306 e. The molecule has 2 atom stereocenters. The number of likely N-dealkylation sites (N-methyl/N-ethyl adjacent to an activating group) is 1. The number of rotatable bonds is 77. The predicted octanol–water partition coefficient (Wildman–Crippen LogP) is 28.0. The summed E-state index contributed by atoms with van der Waals surface area (Å²) in [7, 11) is 1.16. The highest BCUT2D eigenvalue weighted by Crippen LogP contribution is 2.38. The van der Waals surface area contributed by atoms with Gasteiger partial charge in [0.25, 0.3) is 7.82 Å². The summed E-state index contributed by atoms with van der Waals surface area (Å²) in [5.41, 5.74) is 0. The van der Waals surface area contributed by atoms with Gasteiger partial charge in [0.05, 0.1) is 27.7 Å². The van der Waals surface area contributed by atoms with Gasteiger partial charge in [-0.2, -0.15) is 0 Å². The number of carbonyl (C=O) groups is 2. The van der Waals surface area contributed by atoms with Gasteiger partial charge in [0, 0.05) is 12.8 Å². The van der Waals surface area contributed by atoms with Crippen molar-refractivity contribution < 1.29 is 42.1 Å². The first-order chi connectivity index (χ1) is 50.0. The molecule has 0 rings (SSSR count). The van der Waals surface area contributed by atoms with E-state index >= 15 is 0 Å². The van der Waals surface area contributed by atoms with Crippen LogP contribution in [-0.2, 0) is 32.7 Å². The lowest BCUT2D eigenvalue weighted by atomic mass is 10.0. The van der Waals surface area contributed by atoms with Crippen LogP contribution in [0.3, 0.4) is 0 Å². The monoisotopic (exact) mass is 1440 g/mol. The van der Waals surface area contributed by atoms with E-state index in [1.54, 1.807) is 0 Å². The molecule has 102 heavy (non-hydrogen) atoms. The molecule has 0 N–H and O–H groups in total. The van der Waals surface area contributed by atoms with Crippen LogP contribution in [0, 0.1) is 0 Å². The maximum Gasteiger partial charge on any atom is 0.306 e. The quantitative estimate of drug-likeness (QED) is 0.0195. The first kappa shape index (κ1) is 97.6. The van der Waals surface area contributed by atoms with Crippen molar-refractivity contribution in [1.29, 1.82) is 0 Å². The molecule has 584 valence electrons. The van der Waals surface area contributed by atoms with Crippen LogP contribution in [0.15, 0.2) is 158 Å². The molecule has 9 nitrogen and oxygen atoms in total. The van der Waals surface area contributed by atoms with Gasteiger partial charge in [-0.3, -0.25) is 14.2 Å². The molecule has 0 bridgehead atoms. The summed E-state index contributed by atoms with van der Waals surface area (Å²) < 4.78 is 34.4. The van der Waals surface area contributed by atoms with Gasteiger partial charge in [0.1, 0.15) is 19.8 Å². The Hall–Kier alpha value is -4.37. The minimum atomic E-state index is -4.66. The fourth-order valence-electron chi connectivity index (χ4n) is 11.6. The number of esters is 2. The van der Waals surface area contributed by atoms with Crippen LogP contribution in [0.5, 0.6) is 0 Å². The van der Waals surface area contributed by atoms with E-state index in [2.05, 4.69) is 172 Å². The molecular weight excluding hydrogens is 1280 g/mol. The number of quaternary nitrogens is 1. The van der Waals surface area contributed by atoms with Crippen molar-refractivity contribution in [1.82, 2.24) is 0 Å². The summed E-state index contributed by atoms with van der Waals surface area (Å²) in [5.74, 6) is -0.838. The van der Waals surface area contributed by atoms with E-state index in [4.69, 9.17) is 18.5 Å². The lowest BCUT2D eigenvalue weighted by Gasteiger charge is -2.28. The summed E-state index contributed by atoms with van der Waals surface area (Å²) >= 11 is 0. The molecule has 0 amide bonds. The standard InChI is InChI=1S/C92H158NO8P/c1-6-8-10-12-14-16-18-20-22-24-26-28-30-32-34-36-38-40-42-44-46-48-50-52-54-56-58-60-62-64-66-68-70-72-74-76-78-80-82-84-91(94)98-88-90(89-100-102(96,97)99-87-86-93(3,4)5)101-92(95)85-83-81-79-77-75-73-71-69-67-65-63-61-59-57-55-53-51-49-47-45-43-41-39-37-35-33-31-29-27-25-23-21-19-17-15-13-11-9-7-2/h9,11,15,17-18,20-21,23-24,26-27,29-30,32-33,35,39,41,45,47,51,53,57,59,63,65,90H,6-8,10,12-14,16,19,22,25,28,31,34,36-38,40,42-44,46,48-50,52,54-56,58,60-62,64,66-89H2,1-5H3/b11-9-,17-15-,20-18-,23-21-,26-24-,29-27-,32-30-,35-33-,41-39-,47-45-,53-51-,59-57-,65-63-. The predicted molar refractivity (Wildman–Crippen MR) is 443 cm³/mol. The Bertz CT molecular complexity index is 2290. The maximum atomic E-state index is 12.9. The lowest BCUT2D eigenvalue weighted by Crippen LogP contribution is -2.37. The number of carbonyl (C=O) groups excluding carboxylic acids is 2. The van der Waals surface area contributed by atoms with Crippen molar-refractivity contribution in [2.45, 2.75) is 367 Å². The van der Waals surface area contributed by atoms with Gasteiger partial charge in [-0.25, -0.2) is 0 Å². The fourth-order valence-corrected chi connectivity index (χ4v) is 12.4. The zero-order valence-corrected chi connectivity index (χ0v) is 67.7. The summed E-state index contributed by atoms with van der Waals surface area (Å²) in [6.45, 7) is 4.13. The van der Waals surface area contributed by atoms with Crippen LogP contribution in [-0.4, -0.2) is 70.0 Å². The molecule has 0 aromatic heterocycles. The number of phosphoric acid groups is 1. The molecular formula is C92H158NO8P. The van der Waals surface area contributed by atoms with E-state index in [9.17, 15) is 19.0 Å². The highest BCUT2D eigenvalue weighted by atomic mass is 31.2. The molecule has 0 saturated carbocycles. The van der Waals surface area contributed by atoms with Crippen LogP contribution in [0.25, 0.3) is 0 Å². The lowest BCUT2D eigenvalue weighted by molar-refractivity contribution is -0.870. The van der Waals surface area contributed by atoms with E-state index in [0.29, 0.717) is 17.4 Å². The van der Waals surface area contributed by atoms with Gasteiger partial charge in [-0.1, -0.05) is 377 Å². The van der Waals surface area contributed by atoms with E-state index in [-0.39, 0.29) is 32.0 Å². The summed E-state index contributed by atoms with van der Waals surface area (Å²) in [5, 5.41) is 0. The second-order valence-corrected chi connectivity index (χ2v) is 30.5. The van der Waals surface area contributed by atoms with Crippen LogP contribution in [0.4, 0.5) is 0 Å². The van der Waals surface area contributed by atoms with Crippen molar-refractivity contribution in [2.75, 3.05) is 47.5 Å². The van der Waals surface area contributed by atoms with Crippen molar-refractivity contribution in [3.8, 4) is 0 Å². The SMILES string of the molecule is CC/C=C\C/C=C\C/C=C\C/C=C\C/C=C\C/C=C\C/C=C\C/C=C\C/C=C\C/C=C\CCCCCCCCCCC(=O)OC(COC(=O)CCCCCCCCCCCCCCCCCCCCCCCCCC/C=C\C/C=C\C/C=C\CCCCCCC)COP(=O)([O-])OCC[N+](C)(C)C. The highest BCUT2D eigenvalue weighted by Gasteiger charge is 2.22. The van der Waals surface area contributed by atoms with Crippen molar-refractivity contribution in [2.24, 2.45) is 0 Å².